The summed E-state index contributed by atoms with van der Waals surface area (Å²) in [4.78, 5) is 34.0. The second-order valence-electron chi connectivity index (χ2n) is 10.3. The van der Waals surface area contributed by atoms with Crippen LogP contribution in [0.25, 0.3) is 10.1 Å². The van der Waals surface area contributed by atoms with Gasteiger partial charge in [0, 0.05) is 42.3 Å². The lowest BCUT2D eigenvalue weighted by Crippen LogP contribution is -2.73. The molecule has 0 N–H and O–H groups in total. The Labute approximate surface area is 218 Å². The molecule has 2 aliphatic rings. The second kappa shape index (κ2) is 9.44. The lowest BCUT2D eigenvalue weighted by molar-refractivity contribution is -0.173. The van der Waals surface area contributed by atoms with Crippen LogP contribution >= 0.6 is 11.3 Å². The predicted molar refractivity (Wildman–Crippen MR) is 138 cm³/mol. The molecular weight excluding hydrogens is 499 g/mol. The molecule has 0 aliphatic carbocycles. The molecule has 196 valence electrons. The second-order valence-corrected chi connectivity index (χ2v) is 11.4. The van der Waals surface area contributed by atoms with E-state index >= 15 is 0 Å². The summed E-state index contributed by atoms with van der Waals surface area (Å²) in [6, 6.07) is 12.5. The number of amides is 2. The number of fused-ring (bicyclic) bond motifs is 2. The standard InChI is InChI=1S/C28H30F3N3O2S/c1-4-23-21(20-7-5-6-8-24(20)37-23)16-32-13-14-33-22(17-32)25(35)34(27(2,3)26(33)36)15-18-9-11-19(12-10-18)28(29,30)31/h5-12,22H,4,13-17H2,1-3H3. The van der Waals surface area contributed by atoms with Crippen LogP contribution < -0.4 is 0 Å². The van der Waals surface area contributed by atoms with Crippen molar-refractivity contribution in [1.29, 1.82) is 0 Å². The Morgan fingerprint density at radius 2 is 1.70 bits per heavy atom. The Hall–Kier alpha value is -2.91. The zero-order valence-corrected chi connectivity index (χ0v) is 22.0. The van der Waals surface area contributed by atoms with Crippen molar-refractivity contribution in [3.63, 3.8) is 0 Å². The summed E-state index contributed by atoms with van der Waals surface area (Å²) in [6.45, 7) is 7.94. The average molecular weight is 530 g/mol. The normalized spacial score (nSPS) is 20.5. The molecule has 2 amide bonds. The fourth-order valence-electron chi connectivity index (χ4n) is 5.45. The van der Waals surface area contributed by atoms with E-state index in [4.69, 9.17) is 0 Å². The molecule has 0 radical (unpaired) electrons. The van der Waals surface area contributed by atoms with E-state index in [0.717, 1.165) is 18.6 Å². The number of alkyl halides is 3. The van der Waals surface area contributed by atoms with E-state index in [1.54, 1.807) is 30.1 Å². The minimum absolute atomic E-state index is 0.0786. The van der Waals surface area contributed by atoms with E-state index in [2.05, 4.69) is 24.0 Å². The van der Waals surface area contributed by atoms with Crippen LogP contribution in [0.4, 0.5) is 13.2 Å². The number of hydrogen-bond donors (Lipinski definition) is 0. The van der Waals surface area contributed by atoms with Crippen LogP contribution in [0.1, 0.15) is 42.3 Å². The van der Waals surface area contributed by atoms with E-state index < -0.39 is 23.3 Å². The van der Waals surface area contributed by atoms with Crippen LogP contribution in [0.15, 0.2) is 48.5 Å². The molecule has 2 fully saturated rings. The van der Waals surface area contributed by atoms with Gasteiger partial charge in [-0.25, -0.2) is 0 Å². The van der Waals surface area contributed by atoms with Gasteiger partial charge in [-0.05, 0) is 55.0 Å². The first-order valence-corrected chi connectivity index (χ1v) is 13.3. The van der Waals surface area contributed by atoms with Crippen molar-refractivity contribution in [2.45, 2.75) is 58.0 Å². The molecule has 2 aromatic carbocycles. The molecule has 2 saturated heterocycles. The molecular formula is C28H30F3N3O2S. The van der Waals surface area contributed by atoms with E-state index in [1.165, 1.54) is 37.6 Å². The number of thiophene rings is 1. The van der Waals surface area contributed by atoms with Crippen LogP contribution in [0, 0.1) is 0 Å². The van der Waals surface area contributed by atoms with Gasteiger partial charge in [0.2, 0.25) is 11.8 Å². The van der Waals surface area contributed by atoms with Gasteiger partial charge in [-0.3, -0.25) is 14.5 Å². The van der Waals surface area contributed by atoms with Gasteiger partial charge in [-0.2, -0.15) is 13.2 Å². The van der Waals surface area contributed by atoms with Gasteiger partial charge < -0.3 is 9.80 Å². The minimum atomic E-state index is -4.42. The number of nitrogens with zero attached hydrogens (tertiary/aromatic N) is 3. The zero-order valence-electron chi connectivity index (χ0n) is 21.1. The number of benzene rings is 2. The number of carbonyl (C=O) groups is 2. The highest BCUT2D eigenvalue weighted by atomic mass is 32.1. The lowest BCUT2D eigenvalue weighted by atomic mass is 9.91. The Morgan fingerprint density at radius 1 is 1.00 bits per heavy atom. The summed E-state index contributed by atoms with van der Waals surface area (Å²) in [5, 5.41) is 1.24. The van der Waals surface area contributed by atoms with Gasteiger partial charge in [0.05, 0.1) is 5.56 Å². The maximum absolute atomic E-state index is 13.8. The molecule has 5 nitrogen and oxygen atoms in total. The van der Waals surface area contributed by atoms with Crippen molar-refractivity contribution in [3.05, 3.63) is 70.1 Å². The largest absolute Gasteiger partial charge is 0.416 e. The Morgan fingerprint density at radius 3 is 2.38 bits per heavy atom. The highest BCUT2D eigenvalue weighted by Gasteiger charge is 2.52. The fraction of sp³-hybridized carbons (Fsp3) is 0.429. The molecule has 0 spiro atoms. The number of halogens is 3. The van der Waals surface area contributed by atoms with Crippen LogP contribution in [0.5, 0.6) is 0 Å². The van der Waals surface area contributed by atoms with E-state index in [9.17, 15) is 22.8 Å². The monoisotopic (exact) mass is 529 g/mol. The Balaban J connectivity index is 1.37. The highest BCUT2D eigenvalue weighted by Crippen LogP contribution is 2.35. The molecule has 5 rings (SSSR count). The Kier molecular flexibility index (Phi) is 6.56. The lowest BCUT2D eigenvalue weighted by Gasteiger charge is -2.52. The van der Waals surface area contributed by atoms with Crippen molar-refractivity contribution in [2.75, 3.05) is 19.6 Å². The van der Waals surface area contributed by atoms with E-state index in [0.29, 0.717) is 31.7 Å². The first-order chi connectivity index (χ1) is 17.5. The quantitative estimate of drug-likeness (QED) is 0.450. The van der Waals surface area contributed by atoms with E-state index in [1.807, 2.05) is 12.1 Å². The third kappa shape index (κ3) is 4.63. The summed E-state index contributed by atoms with van der Waals surface area (Å²) in [6.07, 6.45) is -3.49. The summed E-state index contributed by atoms with van der Waals surface area (Å²) in [5.41, 5.74) is 0.0176. The average Bonchev–Trinajstić information content (AvgIpc) is 3.22. The molecule has 0 saturated carbocycles. The molecule has 1 atom stereocenters. The SMILES string of the molecule is CCc1sc2ccccc2c1CN1CCN2C(=O)C(C)(C)N(Cc3ccc(C(F)(F)F)cc3)C(=O)C2C1. The molecule has 9 heteroatoms. The van der Waals surface area contributed by atoms with Crippen LogP contribution in [-0.4, -0.2) is 57.7 Å². The maximum Gasteiger partial charge on any atom is 0.416 e. The number of aryl methyl sites for hydroxylation is 1. The highest BCUT2D eigenvalue weighted by molar-refractivity contribution is 7.19. The summed E-state index contributed by atoms with van der Waals surface area (Å²) < 4.78 is 40.2. The number of piperazine rings is 2. The van der Waals surface area contributed by atoms with Crippen LogP contribution in [-0.2, 0) is 35.3 Å². The first-order valence-electron chi connectivity index (χ1n) is 12.5. The summed E-state index contributed by atoms with van der Waals surface area (Å²) in [7, 11) is 0. The summed E-state index contributed by atoms with van der Waals surface area (Å²) in [5.74, 6) is -0.293. The van der Waals surface area contributed by atoms with Gasteiger partial charge in [0.1, 0.15) is 11.6 Å². The van der Waals surface area contributed by atoms with Gasteiger partial charge >= 0.3 is 6.18 Å². The Bertz CT molecular complexity index is 1330. The molecule has 3 aromatic rings. The van der Waals surface area contributed by atoms with Gasteiger partial charge in [0.25, 0.3) is 0 Å². The molecule has 1 aromatic heterocycles. The minimum Gasteiger partial charge on any atom is -0.326 e. The predicted octanol–water partition coefficient (Wildman–Crippen LogP) is 5.32. The van der Waals surface area contributed by atoms with Gasteiger partial charge in [-0.1, -0.05) is 37.3 Å². The zero-order chi connectivity index (χ0) is 26.5. The van der Waals surface area contributed by atoms with Crippen LogP contribution in [0.3, 0.4) is 0 Å². The fourth-order valence-corrected chi connectivity index (χ4v) is 6.60. The third-order valence-corrected chi connectivity index (χ3v) is 8.94. The van der Waals surface area contributed by atoms with Crippen molar-refractivity contribution in [3.8, 4) is 0 Å². The number of carbonyl (C=O) groups excluding carboxylic acids is 2. The topological polar surface area (TPSA) is 43.9 Å². The first kappa shape index (κ1) is 25.7. The van der Waals surface area contributed by atoms with Crippen LogP contribution in [0.2, 0.25) is 0 Å². The smallest absolute Gasteiger partial charge is 0.326 e. The van der Waals surface area contributed by atoms with Gasteiger partial charge in [-0.15, -0.1) is 11.3 Å². The maximum atomic E-state index is 13.8. The van der Waals surface area contributed by atoms with E-state index in [-0.39, 0.29) is 18.4 Å². The number of rotatable bonds is 5. The molecule has 1 unspecified atom stereocenters. The van der Waals surface area contributed by atoms with Crippen molar-refractivity contribution < 1.29 is 22.8 Å². The molecule has 3 heterocycles. The molecule has 0 bridgehead atoms. The van der Waals surface area contributed by atoms with Crippen molar-refractivity contribution in [2.24, 2.45) is 0 Å². The van der Waals surface area contributed by atoms with Gasteiger partial charge in [0.15, 0.2) is 0 Å². The molecule has 2 aliphatic heterocycles. The summed E-state index contributed by atoms with van der Waals surface area (Å²) >= 11 is 1.80. The van der Waals surface area contributed by atoms with Crippen molar-refractivity contribution >= 4 is 33.2 Å². The third-order valence-electron chi connectivity index (χ3n) is 7.58. The van der Waals surface area contributed by atoms with Crippen molar-refractivity contribution in [1.82, 2.24) is 14.7 Å². The molecule has 37 heavy (non-hydrogen) atoms. The number of hydrogen-bond acceptors (Lipinski definition) is 4.